The maximum atomic E-state index is 11.1. The van der Waals surface area contributed by atoms with Gasteiger partial charge in [0, 0.05) is 12.1 Å². The predicted molar refractivity (Wildman–Crippen MR) is 72.2 cm³/mol. The largest absolute Gasteiger partial charge is 0.330 e. The minimum atomic E-state index is 0.177. The van der Waals surface area contributed by atoms with Gasteiger partial charge in [-0.15, -0.1) is 0 Å². The lowest BCUT2D eigenvalue weighted by Crippen LogP contribution is -2.30. The van der Waals surface area contributed by atoms with Crippen molar-refractivity contribution in [3.8, 4) is 0 Å². The van der Waals surface area contributed by atoms with E-state index in [9.17, 15) is 4.79 Å². The van der Waals surface area contributed by atoms with Gasteiger partial charge in [0.2, 0.25) is 5.91 Å². The second kappa shape index (κ2) is 10.7. The summed E-state index contributed by atoms with van der Waals surface area (Å²) in [6, 6.07) is 0. The van der Waals surface area contributed by atoms with E-state index in [2.05, 4.69) is 26.1 Å². The molecule has 1 amide bonds. The highest BCUT2D eigenvalue weighted by molar-refractivity contribution is 5.79. The fourth-order valence-electron chi connectivity index (χ4n) is 1.62. The Balaban J connectivity index is 0. The molecule has 96 valence electrons. The number of hydrogen-bond acceptors (Lipinski definition) is 1. The van der Waals surface area contributed by atoms with Crippen LogP contribution in [-0.4, -0.2) is 5.91 Å². The molecule has 1 aliphatic rings. The van der Waals surface area contributed by atoms with E-state index in [0.717, 1.165) is 18.5 Å². The second-order valence-electron chi connectivity index (χ2n) is 3.57. The van der Waals surface area contributed by atoms with Crippen LogP contribution in [0.3, 0.4) is 0 Å². The summed E-state index contributed by atoms with van der Waals surface area (Å²) in [6.45, 7) is 14.4. The molecule has 16 heavy (non-hydrogen) atoms. The molecule has 0 radical (unpaired) electrons. The lowest BCUT2D eigenvalue weighted by molar-refractivity contribution is -0.120. The number of allylic oxidation sites excluding steroid dienone is 2. The van der Waals surface area contributed by atoms with Crippen molar-refractivity contribution in [1.82, 2.24) is 5.32 Å². The Kier molecular flexibility index (Phi) is 11.8. The van der Waals surface area contributed by atoms with E-state index >= 15 is 0 Å². The Labute approximate surface area is 102 Å². The fraction of sp³-hybridized carbons (Fsp3) is 0.786. The molecule has 0 atom stereocenters. The molecule has 0 spiro atoms. The fourth-order valence-corrected chi connectivity index (χ4v) is 1.62. The number of carbonyl (C=O) groups excluding carboxylic acids is 1. The molecule has 0 aromatic rings. The molecule has 0 unspecified atom stereocenters. The smallest absolute Gasteiger partial charge is 0.224 e. The zero-order valence-electron chi connectivity index (χ0n) is 12.1. The molecule has 0 saturated carbocycles. The number of hydrogen-bond donors (Lipinski definition) is 1. The van der Waals surface area contributed by atoms with Crippen molar-refractivity contribution >= 4 is 5.91 Å². The van der Waals surface area contributed by atoms with Crippen LogP contribution in [0.5, 0.6) is 0 Å². The van der Waals surface area contributed by atoms with Crippen molar-refractivity contribution in [2.75, 3.05) is 0 Å². The van der Waals surface area contributed by atoms with Crippen LogP contribution >= 0.6 is 0 Å². The van der Waals surface area contributed by atoms with Crippen LogP contribution in [0.2, 0.25) is 0 Å². The van der Waals surface area contributed by atoms with Gasteiger partial charge in [-0.1, -0.05) is 54.0 Å². The Morgan fingerprint density at radius 1 is 1.12 bits per heavy atom. The normalized spacial score (nSPS) is 14.6. The summed E-state index contributed by atoms with van der Waals surface area (Å²) in [7, 11) is 0. The molecule has 0 aliphatic carbocycles. The van der Waals surface area contributed by atoms with E-state index in [4.69, 9.17) is 0 Å². The van der Waals surface area contributed by atoms with Gasteiger partial charge in [-0.25, -0.2) is 0 Å². The minimum Gasteiger partial charge on any atom is -0.330 e. The Morgan fingerprint density at radius 3 is 2.00 bits per heavy atom. The third kappa shape index (κ3) is 5.94. The third-order valence-corrected chi connectivity index (χ3v) is 2.31. The lowest BCUT2D eigenvalue weighted by atomic mass is 9.95. The molecule has 0 fully saturated rings. The maximum Gasteiger partial charge on any atom is 0.224 e. The molecule has 0 aromatic heterocycles. The van der Waals surface area contributed by atoms with Gasteiger partial charge in [-0.3, -0.25) is 4.79 Å². The first-order chi connectivity index (χ1) is 7.65. The van der Waals surface area contributed by atoms with Gasteiger partial charge < -0.3 is 5.32 Å². The summed E-state index contributed by atoms with van der Waals surface area (Å²) in [5.41, 5.74) is 2.58. The van der Waals surface area contributed by atoms with E-state index in [1.165, 1.54) is 5.57 Å². The average Bonchev–Trinajstić information content (AvgIpc) is 2.34. The molecule has 1 N–H and O–H groups in total. The van der Waals surface area contributed by atoms with E-state index < -0.39 is 0 Å². The molecule has 1 aliphatic heterocycles. The zero-order valence-corrected chi connectivity index (χ0v) is 12.1. The number of rotatable bonds is 2. The molecule has 0 aromatic carbocycles. The van der Waals surface area contributed by atoms with E-state index in [1.54, 1.807) is 0 Å². The van der Waals surface area contributed by atoms with Crippen molar-refractivity contribution in [2.24, 2.45) is 5.92 Å². The number of amides is 1. The highest BCUT2D eigenvalue weighted by atomic mass is 16.1. The Bertz CT molecular complexity index is 217. The van der Waals surface area contributed by atoms with Crippen LogP contribution in [0, 0.1) is 5.92 Å². The van der Waals surface area contributed by atoms with Gasteiger partial charge >= 0.3 is 0 Å². The zero-order chi connectivity index (χ0) is 13.1. The molecule has 2 heteroatoms. The summed E-state index contributed by atoms with van der Waals surface area (Å²) in [6.07, 6.45) is 2.68. The first-order valence-corrected chi connectivity index (χ1v) is 6.67. The SMILES string of the molecule is CC.CC.CCC1=C(C(C)C)NC(=O)CC1. The molecule has 0 saturated heterocycles. The van der Waals surface area contributed by atoms with Gasteiger partial charge in [0.15, 0.2) is 0 Å². The predicted octanol–water partition coefficient (Wildman–Crippen LogP) is 4.27. The van der Waals surface area contributed by atoms with Gasteiger partial charge in [-0.05, 0) is 18.8 Å². The van der Waals surface area contributed by atoms with Crippen LogP contribution in [0.1, 0.15) is 67.7 Å². The first kappa shape index (κ1) is 17.6. The lowest BCUT2D eigenvalue weighted by Gasteiger charge is -2.23. The van der Waals surface area contributed by atoms with Crippen LogP contribution < -0.4 is 5.32 Å². The molecule has 0 bridgehead atoms. The highest BCUT2D eigenvalue weighted by Crippen LogP contribution is 2.23. The number of nitrogens with one attached hydrogen (secondary N) is 1. The third-order valence-electron chi connectivity index (χ3n) is 2.31. The summed E-state index contributed by atoms with van der Waals surface area (Å²) < 4.78 is 0. The summed E-state index contributed by atoms with van der Waals surface area (Å²) in [5.74, 6) is 0.625. The van der Waals surface area contributed by atoms with Crippen LogP contribution in [0.4, 0.5) is 0 Å². The maximum absolute atomic E-state index is 11.1. The van der Waals surface area contributed by atoms with Crippen LogP contribution in [0.15, 0.2) is 11.3 Å². The van der Waals surface area contributed by atoms with Crippen molar-refractivity contribution in [3.63, 3.8) is 0 Å². The van der Waals surface area contributed by atoms with Crippen molar-refractivity contribution in [1.29, 1.82) is 0 Å². The molecule has 1 heterocycles. The average molecular weight is 227 g/mol. The van der Waals surface area contributed by atoms with Crippen molar-refractivity contribution in [2.45, 2.75) is 67.7 Å². The van der Waals surface area contributed by atoms with Crippen molar-refractivity contribution < 1.29 is 4.79 Å². The molecular formula is C14H29NO. The van der Waals surface area contributed by atoms with Gasteiger partial charge in [0.1, 0.15) is 0 Å². The highest BCUT2D eigenvalue weighted by Gasteiger charge is 2.18. The molecular weight excluding hydrogens is 198 g/mol. The quantitative estimate of drug-likeness (QED) is 0.750. The van der Waals surface area contributed by atoms with Crippen molar-refractivity contribution in [3.05, 3.63) is 11.3 Å². The Morgan fingerprint density at radius 2 is 1.62 bits per heavy atom. The summed E-state index contributed by atoms with van der Waals surface area (Å²) >= 11 is 0. The molecule has 1 rings (SSSR count). The standard InChI is InChI=1S/C10H17NO.2C2H6/c1-4-8-5-6-9(12)11-10(8)7(2)3;2*1-2/h7H,4-6H2,1-3H3,(H,11,12);2*1-2H3. The minimum absolute atomic E-state index is 0.177. The summed E-state index contributed by atoms with van der Waals surface area (Å²) in [4.78, 5) is 11.1. The topological polar surface area (TPSA) is 29.1 Å². The number of carbonyl (C=O) groups is 1. The summed E-state index contributed by atoms with van der Waals surface area (Å²) in [5, 5.41) is 2.96. The first-order valence-electron chi connectivity index (χ1n) is 6.67. The van der Waals surface area contributed by atoms with E-state index in [0.29, 0.717) is 12.3 Å². The van der Waals surface area contributed by atoms with Gasteiger partial charge in [-0.2, -0.15) is 0 Å². The Hall–Kier alpha value is -0.790. The molecule has 2 nitrogen and oxygen atoms in total. The van der Waals surface area contributed by atoms with Gasteiger partial charge in [0.05, 0.1) is 0 Å². The van der Waals surface area contributed by atoms with E-state index in [-0.39, 0.29) is 5.91 Å². The van der Waals surface area contributed by atoms with Crippen LogP contribution in [0.25, 0.3) is 0 Å². The van der Waals surface area contributed by atoms with E-state index in [1.807, 2.05) is 27.7 Å². The van der Waals surface area contributed by atoms with Gasteiger partial charge in [0.25, 0.3) is 0 Å². The monoisotopic (exact) mass is 227 g/mol. The van der Waals surface area contributed by atoms with Crippen LogP contribution in [-0.2, 0) is 4.79 Å². The second-order valence-corrected chi connectivity index (χ2v) is 3.57.